The Morgan fingerprint density at radius 3 is 2.32 bits per heavy atom. The molecule has 0 N–H and O–H groups in total. The number of hydrogen-bond donors (Lipinski definition) is 0. The number of carbonyl (C=O) groups excluding carboxylic acids is 3. The van der Waals surface area contributed by atoms with E-state index in [1.807, 2.05) is 0 Å². The average Bonchev–Trinajstić information content (AvgIpc) is 2.90. The van der Waals surface area contributed by atoms with Crippen LogP contribution in [-0.2, 0) is 28.2 Å². The van der Waals surface area contributed by atoms with Gasteiger partial charge >= 0.3 is 6.03 Å². The minimum atomic E-state index is -2.17. The van der Waals surface area contributed by atoms with Gasteiger partial charge in [-0.25, -0.2) is 4.79 Å². The van der Waals surface area contributed by atoms with Crippen LogP contribution in [0.1, 0.15) is 85.5 Å². The van der Waals surface area contributed by atoms with Crippen molar-refractivity contribution in [3.05, 3.63) is 0 Å². The average molecular weight is 595 g/mol. The highest BCUT2D eigenvalue weighted by molar-refractivity contribution is 6.74. The Kier molecular flexibility index (Phi) is 10.1. The van der Waals surface area contributed by atoms with Crippen molar-refractivity contribution in [3.63, 3.8) is 0 Å². The summed E-state index contributed by atoms with van der Waals surface area (Å²) in [6, 6.07) is -0.798. The van der Waals surface area contributed by atoms with Gasteiger partial charge < -0.3 is 18.6 Å². The summed E-state index contributed by atoms with van der Waals surface area (Å²) in [6.45, 7) is 13.7. The molecule has 2 saturated carbocycles. The smallest absolute Gasteiger partial charge is 0.329 e. The number of amides is 3. The molecule has 2 heterocycles. The Morgan fingerprint density at radius 2 is 1.71 bits per heavy atom. The van der Waals surface area contributed by atoms with Crippen LogP contribution in [0.15, 0.2) is 0 Å². The van der Waals surface area contributed by atoms with Gasteiger partial charge in [0.05, 0.1) is 37.2 Å². The standard InChI is InChI=1S/C31H54N2O7Si/c1-21(34)17-27(35)33-28-24-11-9-10-12-26(24)40-31(32(5)29(33)36,25(28)19-39-41(7,8)30(2,3)4)20-38-18-22-13-15-23(37-6)16-14-22/h22-26,28H,9-20H2,1-8H3/t22?,23?,24?,25-,26?,28-,31+/m1/s1. The third kappa shape index (κ3) is 6.61. The minimum Gasteiger partial charge on any atom is -0.416 e. The molecule has 2 saturated heterocycles. The number of rotatable bonds is 10. The van der Waals surface area contributed by atoms with Crippen LogP contribution < -0.4 is 0 Å². The van der Waals surface area contributed by atoms with Crippen molar-refractivity contribution in [1.29, 1.82) is 0 Å². The summed E-state index contributed by atoms with van der Waals surface area (Å²) >= 11 is 0. The predicted octanol–water partition coefficient (Wildman–Crippen LogP) is 5.37. The molecule has 4 rings (SSSR count). The van der Waals surface area contributed by atoms with Crippen molar-refractivity contribution < 1.29 is 33.0 Å². The summed E-state index contributed by atoms with van der Waals surface area (Å²) in [7, 11) is 1.34. The number of imide groups is 1. The van der Waals surface area contributed by atoms with Crippen LogP contribution in [0, 0.1) is 17.8 Å². The van der Waals surface area contributed by atoms with Crippen LogP contribution in [0.5, 0.6) is 0 Å². The zero-order valence-corrected chi connectivity index (χ0v) is 27.7. The molecule has 5 atom stereocenters. The largest absolute Gasteiger partial charge is 0.416 e. The molecule has 0 aromatic carbocycles. The van der Waals surface area contributed by atoms with Crippen molar-refractivity contribution >= 4 is 26.0 Å². The van der Waals surface area contributed by atoms with E-state index >= 15 is 0 Å². The molecule has 10 heteroatoms. The number of methoxy groups -OCH3 is 1. The highest BCUT2D eigenvalue weighted by Gasteiger charge is 2.65. The van der Waals surface area contributed by atoms with Crippen molar-refractivity contribution in [2.24, 2.45) is 17.8 Å². The fourth-order valence-electron chi connectivity index (χ4n) is 7.19. The Balaban J connectivity index is 1.67. The quantitative estimate of drug-likeness (QED) is 0.248. The first-order valence-electron chi connectivity index (χ1n) is 15.7. The van der Waals surface area contributed by atoms with Crippen molar-refractivity contribution in [1.82, 2.24) is 9.80 Å². The number of carbonyl (C=O) groups is 3. The van der Waals surface area contributed by atoms with E-state index in [0.29, 0.717) is 25.2 Å². The van der Waals surface area contributed by atoms with E-state index in [9.17, 15) is 14.4 Å². The third-order valence-electron chi connectivity index (χ3n) is 10.8. The zero-order valence-electron chi connectivity index (χ0n) is 26.7. The third-order valence-corrected chi connectivity index (χ3v) is 15.3. The molecule has 41 heavy (non-hydrogen) atoms. The number of ketones is 1. The van der Waals surface area contributed by atoms with E-state index in [-0.39, 0.29) is 41.8 Å². The lowest BCUT2D eigenvalue weighted by Gasteiger charge is -2.63. The van der Waals surface area contributed by atoms with Gasteiger partial charge in [0, 0.05) is 33.3 Å². The molecule has 0 aromatic rings. The van der Waals surface area contributed by atoms with Gasteiger partial charge in [-0.2, -0.15) is 0 Å². The molecule has 2 aliphatic carbocycles. The first-order chi connectivity index (χ1) is 19.2. The van der Waals surface area contributed by atoms with Gasteiger partial charge in [0.1, 0.15) is 5.78 Å². The van der Waals surface area contributed by atoms with Crippen molar-refractivity contribution in [2.75, 3.05) is 34.0 Å². The summed E-state index contributed by atoms with van der Waals surface area (Å²) in [6.07, 6.45) is 8.00. The molecular formula is C31H54N2O7Si. The highest BCUT2D eigenvalue weighted by Crippen LogP contribution is 2.51. The minimum absolute atomic E-state index is 0.00156. The molecule has 0 aromatic heterocycles. The summed E-state index contributed by atoms with van der Waals surface area (Å²) in [5, 5.41) is 0.00156. The van der Waals surface area contributed by atoms with Gasteiger partial charge in [-0.3, -0.25) is 19.4 Å². The molecule has 4 aliphatic rings. The Labute approximate surface area is 248 Å². The van der Waals surface area contributed by atoms with Crippen molar-refractivity contribution in [2.45, 2.75) is 128 Å². The Hall–Kier alpha value is -1.33. The van der Waals surface area contributed by atoms with E-state index in [4.69, 9.17) is 18.6 Å². The zero-order chi connectivity index (χ0) is 30.2. The van der Waals surface area contributed by atoms with Crippen LogP contribution in [-0.4, -0.2) is 93.8 Å². The molecule has 4 fully saturated rings. The maximum atomic E-state index is 14.0. The molecule has 0 spiro atoms. The van der Waals surface area contributed by atoms with Gasteiger partial charge in [0.15, 0.2) is 14.0 Å². The van der Waals surface area contributed by atoms with Gasteiger partial charge in [0.25, 0.3) is 0 Å². The molecule has 3 amide bonds. The number of hydrogen-bond acceptors (Lipinski definition) is 7. The van der Waals surface area contributed by atoms with Crippen LogP contribution in [0.2, 0.25) is 18.1 Å². The maximum absolute atomic E-state index is 14.0. The van der Waals surface area contributed by atoms with Crippen LogP contribution in [0.25, 0.3) is 0 Å². The second kappa shape index (κ2) is 12.7. The molecule has 234 valence electrons. The van der Waals surface area contributed by atoms with Crippen LogP contribution in [0.4, 0.5) is 4.79 Å². The topological polar surface area (TPSA) is 94.6 Å². The van der Waals surface area contributed by atoms with E-state index < -0.39 is 32.0 Å². The van der Waals surface area contributed by atoms with Crippen LogP contribution >= 0.6 is 0 Å². The molecule has 0 radical (unpaired) electrons. The van der Waals surface area contributed by atoms with Gasteiger partial charge in [-0.15, -0.1) is 0 Å². The molecule has 2 bridgehead atoms. The number of Topliss-reactive ketones (excluding diaryl/α,β-unsaturated/α-hetero) is 1. The number of ether oxygens (including phenoxy) is 3. The summed E-state index contributed by atoms with van der Waals surface area (Å²) in [5.41, 5.74) is -1.04. The fourth-order valence-corrected chi connectivity index (χ4v) is 8.22. The summed E-state index contributed by atoms with van der Waals surface area (Å²) in [4.78, 5) is 42.6. The summed E-state index contributed by atoms with van der Waals surface area (Å²) < 4.78 is 25.9. The van der Waals surface area contributed by atoms with E-state index in [1.54, 1.807) is 19.1 Å². The lowest BCUT2D eigenvalue weighted by atomic mass is 9.68. The highest BCUT2D eigenvalue weighted by atomic mass is 28.4. The normalized spacial score (nSPS) is 34.4. The van der Waals surface area contributed by atoms with Gasteiger partial charge in [-0.1, -0.05) is 33.6 Å². The molecule has 2 unspecified atom stereocenters. The first-order valence-corrected chi connectivity index (χ1v) is 18.6. The van der Waals surface area contributed by atoms with Crippen molar-refractivity contribution in [3.8, 4) is 0 Å². The molecule has 2 aliphatic heterocycles. The lowest BCUT2D eigenvalue weighted by Crippen LogP contribution is -2.79. The lowest BCUT2D eigenvalue weighted by molar-refractivity contribution is -0.303. The Morgan fingerprint density at radius 1 is 1.05 bits per heavy atom. The fraction of sp³-hybridized carbons (Fsp3) is 0.903. The SMILES string of the molecule is COC1CCC(COC[C@]23OC4CCCCC4[C@H]([C@H]2CO[Si](C)(C)C(C)(C)C)N(C(=O)CC(C)=O)C(=O)N3C)CC1. The second-order valence-electron chi connectivity index (χ2n) is 14.5. The van der Waals surface area contributed by atoms with E-state index in [0.717, 1.165) is 51.4 Å². The van der Waals surface area contributed by atoms with E-state index in [2.05, 4.69) is 33.9 Å². The Bertz CT molecular complexity index is 961. The van der Waals surface area contributed by atoms with Gasteiger partial charge in [0.2, 0.25) is 5.91 Å². The van der Waals surface area contributed by atoms with Gasteiger partial charge in [-0.05, 0) is 69.5 Å². The summed E-state index contributed by atoms with van der Waals surface area (Å²) in [5.74, 6) is -0.496. The number of likely N-dealkylation sites (N-methyl/N-ethyl adjacent to an activating group) is 1. The predicted molar refractivity (Wildman–Crippen MR) is 159 cm³/mol. The number of nitrogens with zero attached hydrogens (tertiary/aromatic N) is 2. The van der Waals surface area contributed by atoms with Crippen LogP contribution in [0.3, 0.4) is 0 Å². The molecule has 9 nitrogen and oxygen atoms in total. The number of fused-ring (bicyclic) bond motifs is 4. The monoisotopic (exact) mass is 594 g/mol. The maximum Gasteiger partial charge on any atom is 0.329 e. The second-order valence-corrected chi connectivity index (χ2v) is 19.3. The first kappa shape index (κ1) is 32.6. The van der Waals surface area contributed by atoms with E-state index in [1.165, 1.54) is 11.8 Å². The molecular weight excluding hydrogens is 540 g/mol. The number of urea groups is 1.